The molecule has 2 fully saturated rings. The Kier molecular flexibility index (Phi) is 6.81. The van der Waals surface area contributed by atoms with Gasteiger partial charge in [0.1, 0.15) is 0 Å². The number of benzene rings is 1. The molecule has 0 spiro atoms. The standard InChI is InChI=1S/C23H35N3O2.ClH/c1-16(2)28-19-7-11-23(4,12-8-19)25-13-9-18(10-14-25)26-21-15-17(3)5-6-20(21)24-22(26)27;/h5-6,15-16,18-19H,7-14H2,1-4H3,(H,24,27);1H. The summed E-state index contributed by atoms with van der Waals surface area (Å²) in [5.41, 5.74) is 3.53. The summed E-state index contributed by atoms with van der Waals surface area (Å²) in [6, 6.07) is 6.52. The Morgan fingerprint density at radius 3 is 2.41 bits per heavy atom. The molecule has 2 aliphatic rings. The van der Waals surface area contributed by atoms with E-state index in [1.807, 2.05) is 10.6 Å². The number of rotatable bonds is 4. The van der Waals surface area contributed by atoms with Crippen molar-refractivity contribution in [2.24, 2.45) is 0 Å². The predicted octanol–water partition coefficient (Wildman–Crippen LogP) is 4.82. The number of aryl methyl sites for hydroxylation is 1. The molecule has 1 aromatic heterocycles. The molecule has 1 N–H and O–H groups in total. The van der Waals surface area contributed by atoms with Gasteiger partial charge in [-0.05, 0) is 83.9 Å². The lowest BCUT2D eigenvalue weighted by atomic mass is 9.79. The quantitative estimate of drug-likeness (QED) is 0.769. The lowest BCUT2D eigenvalue weighted by molar-refractivity contribution is -0.0520. The van der Waals surface area contributed by atoms with Crippen LogP contribution in [0.1, 0.15) is 70.9 Å². The third-order valence-corrected chi connectivity index (χ3v) is 6.94. The zero-order valence-electron chi connectivity index (χ0n) is 18.2. The van der Waals surface area contributed by atoms with Crippen molar-refractivity contribution in [3.63, 3.8) is 0 Å². The molecule has 29 heavy (non-hydrogen) atoms. The van der Waals surface area contributed by atoms with Gasteiger partial charge >= 0.3 is 5.69 Å². The summed E-state index contributed by atoms with van der Waals surface area (Å²) in [5.74, 6) is 0. The Bertz CT molecular complexity index is 872. The molecule has 162 valence electrons. The van der Waals surface area contributed by atoms with E-state index in [9.17, 15) is 4.79 Å². The van der Waals surface area contributed by atoms with Gasteiger partial charge in [0.15, 0.2) is 0 Å². The average Bonchev–Trinajstić information content (AvgIpc) is 2.98. The zero-order chi connectivity index (χ0) is 19.9. The first-order valence-corrected chi connectivity index (χ1v) is 11.0. The molecule has 4 rings (SSSR count). The minimum absolute atomic E-state index is 0. The number of piperidine rings is 1. The van der Waals surface area contributed by atoms with Crippen LogP contribution in [0.25, 0.3) is 11.0 Å². The first-order chi connectivity index (χ1) is 13.4. The van der Waals surface area contributed by atoms with E-state index in [1.54, 1.807) is 0 Å². The number of ether oxygens (including phenoxy) is 1. The third kappa shape index (κ3) is 4.57. The third-order valence-electron chi connectivity index (χ3n) is 6.94. The van der Waals surface area contributed by atoms with E-state index in [1.165, 1.54) is 18.4 Å². The summed E-state index contributed by atoms with van der Waals surface area (Å²) in [6.45, 7) is 10.9. The number of fused-ring (bicyclic) bond motifs is 1. The number of nitrogens with one attached hydrogen (secondary N) is 1. The van der Waals surface area contributed by atoms with E-state index in [2.05, 4.69) is 49.7 Å². The molecule has 1 saturated heterocycles. The van der Waals surface area contributed by atoms with Crippen LogP contribution in [0.5, 0.6) is 0 Å². The van der Waals surface area contributed by atoms with Crippen LogP contribution in [-0.2, 0) is 4.74 Å². The van der Waals surface area contributed by atoms with E-state index in [0.29, 0.717) is 18.2 Å². The van der Waals surface area contributed by atoms with Gasteiger partial charge in [-0.1, -0.05) is 6.07 Å². The van der Waals surface area contributed by atoms with E-state index in [4.69, 9.17) is 4.74 Å². The minimum atomic E-state index is 0. The molecule has 0 bridgehead atoms. The van der Waals surface area contributed by atoms with Crippen LogP contribution in [0.4, 0.5) is 0 Å². The van der Waals surface area contributed by atoms with Crippen molar-refractivity contribution >= 4 is 23.4 Å². The normalized spacial score (nSPS) is 26.7. The fourth-order valence-electron chi connectivity index (χ4n) is 5.31. The predicted molar refractivity (Wildman–Crippen MR) is 121 cm³/mol. The van der Waals surface area contributed by atoms with Crippen LogP contribution in [0, 0.1) is 6.92 Å². The monoisotopic (exact) mass is 421 g/mol. The van der Waals surface area contributed by atoms with Crippen molar-refractivity contribution < 1.29 is 4.74 Å². The van der Waals surface area contributed by atoms with Crippen molar-refractivity contribution in [1.29, 1.82) is 0 Å². The first-order valence-electron chi connectivity index (χ1n) is 11.0. The van der Waals surface area contributed by atoms with Crippen LogP contribution in [-0.4, -0.2) is 45.3 Å². The van der Waals surface area contributed by atoms with Crippen molar-refractivity contribution in [2.75, 3.05) is 13.1 Å². The smallest absolute Gasteiger partial charge is 0.326 e. The molecular weight excluding hydrogens is 386 g/mol. The summed E-state index contributed by atoms with van der Waals surface area (Å²) in [4.78, 5) is 18.3. The van der Waals surface area contributed by atoms with Crippen molar-refractivity contribution in [2.45, 2.75) is 90.0 Å². The number of imidazole rings is 1. The fraction of sp³-hybridized carbons (Fsp3) is 0.696. The van der Waals surface area contributed by atoms with Gasteiger partial charge in [0.05, 0.1) is 23.2 Å². The fourth-order valence-corrected chi connectivity index (χ4v) is 5.31. The van der Waals surface area contributed by atoms with Gasteiger partial charge in [-0.2, -0.15) is 0 Å². The molecule has 1 aliphatic heterocycles. The first kappa shape index (κ1) is 22.4. The highest BCUT2D eigenvalue weighted by Gasteiger charge is 2.38. The van der Waals surface area contributed by atoms with Crippen LogP contribution < -0.4 is 5.69 Å². The minimum Gasteiger partial charge on any atom is -0.376 e. The maximum absolute atomic E-state index is 12.6. The molecule has 1 saturated carbocycles. The number of H-pyrrole nitrogens is 1. The number of aromatic amines is 1. The van der Waals surface area contributed by atoms with Crippen LogP contribution in [0.2, 0.25) is 0 Å². The van der Waals surface area contributed by atoms with Gasteiger partial charge in [0, 0.05) is 24.7 Å². The number of hydrogen-bond acceptors (Lipinski definition) is 3. The Morgan fingerprint density at radius 2 is 1.79 bits per heavy atom. The van der Waals surface area contributed by atoms with Crippen molar-refractivity contribution in [3.8, 4) is 0 Å². The van der Waals surface area contributed by atoms with Gasteiger partial charge in [0.25, 0.3) is 0 Å². The maximum Gasteiger partial charge on any atom is 0.326 e. The highest BCUT2D eigenvalue weighted by molar-refractivity contribution is 5.85. The second-order valence-corrected chi connectivity index (χ2v) is 9.42. The number of nitrogens with zero attached hydrogens (tertiary/aromatic N) is 2. The van der Waals surface area contributed by atoms with Crippen LogP contribution in [0.15, 0.2) is 23.0 Å². The second kappa shape index (κ2) is 8.83. The summed E-state index contributed by atoms with van der Waals surface area (Å²) >= 11 is 0. The Labute approximate surface area is 180 Å². The topological polar surface area (TPSA) is 50.3 Å². The largest absolute Gasteiger partial charge is 0.376 e. The van der Waals surface area contributed by atoms with Crippen molar-refractivity contribution in [3.05, 3.63) is 34.2 Å². The van der Waals surface area contributed by atoms with Crippen LogP contribution in [0.3, 0.4) is 0 Å². The molecule has 1 aromatic carbocycles. The maximum atomic E-state index is 12.6. The molecule has 0 radical (unpaired) electrons. The number of hydrogen-bond donors (Lipinski definition) is 1. The van der Waals surface area contributed by atoms with Gasteiger partial charge in [-0.25, -0.2) is 4.79 Å². The Morgan fingerprint density at radius 1 is 1.14 bits per heavy atom. The van der Waals surface area contributed by atoms with Gasteiger partial charge in [-0.15, -0.1) is 12.4 Å². The lowest BCUT2D eigenvalue weighted by Crippen LogP contribution is -2.53. The Balaban J connectivity index is 0.00000240. The molecule has 0 amide bonds. The van der Waals surface area contributed by atoms with Gasteiger partial charge < -0.3 is 9.72 Å². The molecule has 6 heteroatoms. The van der Waals surface area contributed by atoms with E-state index in [0.717, 1.165) is 49.8 Å². The van der Waals surface area contributed by atoms with Gasteiger partial charge in [0.2, 0.25) is 0 Å². The zero-order valence-corrected chi connectivity index (χ0v) is 19.1. The molecule has 0 atom stereocenters. The average molecular weight is 422 g/mol. The van der Waals surface area contributed by atoms with E-state index in [-0.39, 0.29) is 23.6 Å². The lowest BCUT2D eigenvalue weighted by Gasteiger charge is -2.48. The summed E-state index contributed by atoms with van der Waals surface area (Å²) in [7, 11) is 0. The Hall–Kier alpha value is -1.30. The highest BCUT2D eigenvalue weighted by Crippen LogP contribution is 2.38. The molecule has 0 unspecified atom stereocenters. The summed E-state index contributed by atoms with van der Waals surface area (Å²) in [6.07, 6.45) is 7.58. The van der Waals surface area contributed by atoms with Crippen molar-refractivity contribution in [1.82, 2.24) is 14.5 Å². The molecule has 2 heterocycles. The molecular formula is C23H36ClN3O2. The van der Waals surface area contributed by atoms with E-state index >= 15 is 0 Å². The summed E-state index contributed by atoms with van der Waals surface area (Å²) in [5, 5.41) is 0. The number of likely N-dealkylation sites (tertiary alicyclic amines) is 1. The van der Waals surface area contributed by atoms with E-state index < -0.39 is 0 Å². The van der Waals surface area contributed by atoms with Crippen LogP contribution >= 0.6 is 12.4 Å². The molecule has 5 nitrogen and oxygen atoms in total. The van der Waals surface area contributed by atoms with Gasteiger partial charge in [-0.3, -0.25) is 9.47 Å². The highest BCUT2D eigenvalue weighted by atomic mass is 35.5. The molecule has 1 aliphatic carbocycles. The SMILES string of the molecule is Cc1ccc2[nH]c(=O)n(C3CCN(C4(C)CCC(OC(C)C)CC4)CC3)c2c1.Cl. The number of aromatic nitrogens is 2. The second-order valence-electron chi connectivity index (χ2n) is 9.42. The molecule has 2 aromatic rings. The summed E-state index contributed by atoms with van der Waals surface area (Å²) < 4.78 is 8.05. The number of halogens is 1.